The van der Waals surface area contributed by atoms with Crippen LogP contribution in [0.2, 0.25) is 0 Å². The van der Waals surface area contributed by atoms with E-state index in [1.165, 1.54) is 0 Å². The second kappa shape index (κ2) is 4.29. The van der Waals surface area contributed by atoms with Crippen LogP contribution in [0, 0.1) is 5.41 Å². The van der Waals surface area contributed by atoms with E-state index in [-0.39, 0.29) is 11.3 Å². The molecule has 1 amide bonds. The van der Waals surface area contributed by atoms with Gasteiger partial charge in [0.2, 0.25) is 5.91 Å². The van der Waals surface area contributed by atoms with E-state index < -0.39 is 0 Å². The Balaban J connectivity index is 2.59. The van der Waals surface area contributed by atoms with Crippen LogP contribution >= 0.6 is 0 Å². The molecular formula is C11H17N3O. The molecule has 0 saturated heterocycles. The fraction of sp³-hybridized carbons (Fsp3) is 0.455. The number of hydrogen-bond acceptors (Lipinski definition) is 3. The molecule has 15 heavy (non-hydrogen) atoms. The summed E-state index contributed by atoms with van der Waals surface area (Å²) < 4.78 is 0. The third-order valence-corrected chi connectivity index (χ3v) is 1.73. The lowest BCUT2D eigenvalue weighted by atomic mass is 9.92. The number of aromatic nitrogens is 1. The zero-order valence-corrected chi connectivity index (χ0v) is 9.37. The highest BCUT2D eigenvalue weighted by Gasteiger charge is 2.16. The predicted octanol–water partition coefficient (Wildman–Crippen LogP) is 2.04. The molecule has 3 N–H and O–H groups in total. The Kier molecular flexibility index (Phi) is 3.29. The van der Waals surface area contributed by atoms with E-state index >= 15 is 0 Å². The van der Waals surface area contributed by atoms with Gasteiger partial charge in [0.15, 0.2) is 0 Å². The number of carbonyl (C=O) groups is 1. The molecule has 1 aromatic heterocycles. The van der Waals surface area contributed by atoms with Gasteiger partial charge >= 0.3 is 0 Å². The molecule has 1 aromatic rings. The summed E-state index contributed by atoms with van der Waals surface area (Å²) in [5.41, 5.74) is 5.48. The number of anilines is 2. The number of nitrogen functional groups attached to an aromatic ring is 1. The van der Waals surface area contributed by atoms with Crippen LogP contribution in [0.3, 0.4) is 0 Å². The molecule has 0 aliphatic heterocycles. The summed E-state index contributed by atoms with van der Waals surface area (Å²) >= 11 is 0. The summed E-state index contributed by atoms with van der Waals surface area (Å²) in [6, 6.07) is 5.16. The molecule has 4 heteroatoms. The van der Waals surface area contributed by atoms with Crippen LogP contribution in [-0.4, -0.2) is 10.9 Å². The van der Waals surface area contributed by atoms with Crippen molar-refractivity contribution in [3.63, 3.8) is 0 Å². The average Bonchev–Trinajstić information content (AvgIpc) is 1.99. The smallest absolute Gasteiger partial charge is 0.226 e. The van der Waals surface area contributed by atoms with E-state index in [1.54, 1.807) is 18.2 Å². The Morgan fingerprint density at radius 2 is 2.13 bits per heavy atom. The van der Waals surface area contributed by atoms with Crippen LogP contribution in [0.5, 0.6) is 0 Å². The third kappa shape index (κ3) is 4.44. The van der Waals surface area contributed by atoms with Crippen molar-refractivity contribution in [3.8, 4) is 0 Å². The molecule has 0 fully saturated rings. The third-order valence-electron chi connectivity index (χ3n) is 1.73. The molecule has 0 aliphatic carbocycles. The molecule has 1 heterocycles. The summed E-state index contributed by atoms with van der Waals surface area (Å²) in [4.78, 5) is 15.5. The van der Waals surface area contributed by atoms with Crippen molar-refractivity contribution in [2.75, 3.05) is 11.1 Å². The van der Waals surface area contributed by atoms with Crippen molar-refractivity contribution < 1.29 is 4.79 Å². The Morgan fingerprint density at radius 3 is 2.67 bits per heavy atom. The first-order valence-corrected chi connectivity index (χ1v) is 4.89. The molecule has 0 bridgehead atoms. The molecule has 0 aliphatic rings. The summed E-state index contributed by atoms with van der Waals surface area (Å²) in [7, 11) is 0. The number of pyridine rings is 1. The molecule has 0 saturated carbocycles. The quantitative estimate of drug-likeness (QED) is 0.779. The number of nitrogens with two attached hydrogens (primary N) is 1. The van der Waals surface area contributed by atoms with Gasteiger partial charge in [0.25, 0.3) is 0 Å². The fourth-order valence-corrected chi connectivity index (χ4v) is 1.19. The zero-order chi connectivity index (χ0) is 11.5. The first-order valence-electron chi connectivity index (χ1n) is 4.89. The van der Waals surface area contributed by atoms with Gasteiger partial charge in [0, 0.05) is 6.42 Å². The number of carbonyl (C=O) groups excluding carboxylic acids is 1. The van der Waals surface area contributed by atoms with Crippen LogP contribution in [0.1, 0.15) is 27.2 Å². The SMILES string of the molecule is CC(C)(C)CC(=O)Nc1cccc(N)n1. The Hall–Kier alpha value is -1.58. The molecule has 1 rings (SSSR count). The van der Waals surface area contributed by atoms with Gasteiger partial charge in [-0.3, -0.25) is 4.79 Å². The lowest BCUT2D eigenvalue weighted by molar-refractivity contribution is -0.117. The van der Waals surface area contributed by atoms with E-state index in [0.29, 0.717) is 18.1 Å². The van der Waals surface area contributed by atoms with Crippen molar-refractivity contribution in [2.24, 2.45) is 5.41 Å². The Labute approximate surface area is 89.9 Å². The molecule has 0 unspecified atom stereocenters. The minimum atomic E-state index is -0.0411. The average molecular weight is 207 g/mol. The highest BCUT2D eigenvalue weighted by Crippen LogP contribution is 2.19. The molecule has 0 aromatic carbocycles. The molecule has 0 radical (unpaired) electrons. The molecule has 4 nitrogen and oxygen atoms in total. The fourth-order valence-electron chi connectivity index (χ4n) is 1.19. The Morgan fingerprint density at radius 1 is 1.47 bits per heavy atom. The van der Waals surface area contributed by atoms with E-state index in [1.807, 2.05) is 20.8 Å². The van der Waals surface area contributed by atoms with Gasteiger partial charge in [-0.1, -0.05) is 26.8 Å². The van der Waals surface area contributed by atoms with E-state index in [2.05, 4.69) is 10.3 Å². The molecule has 82 valence electrons. The number of amides is 1. The maximum Gasteiger partial charge on any atom is 0.226 e. The van der Waals surface area contributed by atoms with Gasteiger partial charge in [-0.25, -0.2) is 4.98 Å². The lowest BCUT2D eigenvalue weighted by Gasteiger charge is -2.16. The van der Waals surface area contributed by atoms with E-state index in [4.69, 9.17) is 5.73 Å². The monoisotopic (exact) mass is 207 g/mol. The van der Waals surface area contributed by atoms with Crippen molar-refractivity contribution in [3.05, 3.63) is 18.2 Å². The number of rotatable bonds is 2. The summed E-state index contributed by atoms with van der Waals surface area (Å²) in [5, 5.41) is 2.71. The van der Waals surface area contributed by atoms with Gasteiger partial charge in [-0.05, 0) is 17.5 Å². The largest absolute Gasteiger partial charge is 0.384 e. The molecule has 0 spiro atoms. The maximum atomic E-state index is 11.5. The number of nitrogens with one attached hydrogen (secondary N) is 1. The first kappa shape index (κ1) is 11.5. The number of nitrogens with zero attached hydrogens (tertiary/aromatic N) is 1. The summed E-state index contributed by atoms with van der Waals surface area (Å²) in [6.45, 7) is 6.04. The van der Waals surface area contributed by atoms with E-state index in [9.17, 15) is 4.79 Å². The van der Waals surface area contributed by atoms with Crippen molar-refractivity contribution in [2.45, 2.75) is 27.2 Å². The highest BCUT2D eigenvalue weighted by atomic mass is 16.1. The van der Waals surface area contributed by atoms with Gasteiger partial charge in [-0.2, -0.15) is 0 Å². The molecule has 0 atom stereocenters. The van der Waals surface area contributed by atoms with Crippen LogP contribution in [-0.2, 0) is 4.79 Å². The second-order valence-corrected chi connectivity index (χ2v) is 4.73. The van der Waals surface area contributed by atoms with Gasteiger partial charge < -0.3 is 11.1 Å². The lowest BCUT2D eigenvalue weighted by Crippen LogP contribution is -2.20. The second-order valence-electron chi connectivity index (χ2n) is 4.73. The normalized spacial score (nSPS) is 11.1. The minimum absolute atomic E-state index is 0.0234. The topological polar surface area (TPSA) is 68.0 Å². The van der Waals surface area contributed by atoms with E-state index in [0.717, 1.165) is 0 Å². The first-order chi connectivity index (χ1) is 6.87. The van der Waals surface area contributed by atoms with Crippen molar-refractivity contribution >= 4 is 17.5 Å². The van der Waals surface area contributed by atoms with Crippen molar-refractivity contribution in [1.82, 2.24) is 4.98 Å². The highest BCUT2D eigenvalue weighted by molar-refractivity contribution is 5.90. The van der Waals surface area contributed by atoms with Crippen LogP contribution in [0.15, 0.2) is 18.2 Å². The standard InChI is InChI=1S/C11H17N3O/c1-11(2,3)7-10(15)14-9-6-4-5-8(12)13-9/h4-6H,7H2,1-3H3,(H3,12,13,14,15). The minimum Gasteiger partial charge on any atom is -0.384 e. The van der Waals surface area contributed by atoms with Gasteiger partial charge in [-0.15, -0.1) is 0 Å². The summed E-state index contributed by atoms with van der Waals surface area (Å²) in [6.07, 6.45) is 0.462. The zero-order valence-electron chi connectivity index (χ0n) is 9.37. The van der Waals surface area contributed by atoms with Crippen LogP contribution in [0.4, 0.5) is 11.6 Å². The van der Waals surface area contributed by atoms with Crippen LogP contribution in [0.25, 0.3) is 0 Å². The maximum absolute atomic E-state index is 11.5. The van der Waals surface area contributed by atoms with Crippen molar-refractivity contribution in [1.29, 1.82) is 0 Å². The van der Waals surface area contributed by atoms with Gasteiger partial charge in [0.05, 0.1) is 0 Å². The molecular weight excluding hydrogens is 190 g/mol. The number of hydrogen-bond donors (Lipinski definition) is 2. The van der Waals surface area contributed by atoms with Gasteiger partial charge in [0.1, 0.15) is 11.6 Å². The summed E-state index contributed by atoms with van der Waals surface area (Å²) in [5.74, 6) is 0.869. The van der Waals surface area contributed by atoms with Crippen LogP contribution < -0.4 is 11.1 Å². The Bertz CT molecular complexity index is 355. The predicted molar refractivity (Wildman–Crippen MR) is 61.4 cm³/mol.